The number of hydrogen-bond acceptors (Lipinski definition) is 0. The van der Waals surface area contributed by atoms with Gasteiger partial charge in [-0.1, -0.05) is 116 Å². The van der Waals surface area contributed by atoms with Gasteiger partial charge in [0.05, 0.1) is 0 Å². The Morgan fingerprint density at radius 1 is 0.208 bits per heavy atom. The van der Waals surface area contributed by atoms with Gasteiger partial charge in [0.25, 0.3) is 0 Å². The second-order valence-corrected chi connectivity index (χ2v) is 8.20. The van der Waals surface area contributed by atoms with Crippen LogP contribution in [0.25, 0.3) is 0 Å². The first-order chi connectivity index (χ1) is 11.9. The van der Waals surface area contributed by atoms with Gasteiger partial charge in [0.1, 0.15) is 0 Å². The molecule has 0 saturated heterocycles. The highest BCUT2D eigenvalue weighted by atomic mass is 35.5. The molecule has 0 unspecified atom stereocenters. The Morgan fingerprint density at radius 3 is 0.458 bits per heavy atom. The van der Waals surface area contributed by atoms with E-state index in [4.69, 9.17) is 23.2 Å². The molecule has 0 N–H and O–H groups in total. The third-order valence-electron chi connectivity index (χ3n) is 5.02. The van der Waals surface area contributed by atoms with Gasteiger partial charge in [-0.15, -0.1) is 23.2 Å². The highest BCUT2D eigenvalue weighted by Gasteiger charge is 1.95. The molecule has 0 aliphatic carbocycles. The van der Waals surface area contributed by atoms with Crippen LogP contribution >= 0.6 is 23.2 Å². The number of halogens is 2. The fourth-order valence-corrected chi connectivity index (χ4v) is 3.75. The number of unbranched alkanes of at least 4 members (excludes halogenated alkanes) is 19. The van der Waals surface area contributed by atoms with Gasteiger partial charge in [-0.3, -0.25) is 0 Å². The molecule has 0 saturated carbocycles. The van der Waals surface area contributed by atoms with Crippen LogP contribution in [0, 0.1) is 0 Å². The van der Waals surface area contributed by atoms with E-state index in [9.17, 15) is 0 Å². The maximum Gasteiger partial charge on any atom is 0.0223 e. The van der Waals surface area contributed by atoms with Crippen molar-refractivity contribution in [2.45, 2.75) is 128 Å². The molecule has 0 aliphatic rings. The Kier molecular flexibility index (Phi) is 24.1. The van der Waals surface area contributed by atoms with Crippen LogP contribution in [0.15, 0.2) is 0 Å². The predicted molar refractivity (Wildman–Crippen MR) is 114 cm³/mol. The van der Waals surface area contributed by atoms with Crippen molar-refractivity contribution >= 4 is 23.2 Å². The summed E-state index contributed by atoms with van der Waals surface area (Å²) in [7, 11) is 0. The van der Waals surface area contributed by atoms with Crippen LogP contribution in [-0.2, 0) is 0 Å². The zero-order valence-electron chi connectivity index (χ0n) is 16.3. The van der Waals surface area contributed by atoms with Crippen molar-refractivity contribution in [2.75, 3.05) is 11.8 Å². The molecule has 146 valence electrons. The Labute approximate surface area is 163 Å². The molecular weight excluding hydrogens is 335 g/mol. The van der Waals surface area contributed by atoms with E-state index < -0.39 is 0 Å². The Morgan fingerprint density at radius 2 is 0.333 bits per heavy atom. The average molecular weight is 380 g/mol. The van der Waals surface area contributed by atoms with Crippen LogP contribution in [0.4, 0.5) is 0 Å². The van der Waals surface area contributed by atoms with Gasteiger partial charge in [-0.2, -0.15) is 0 Å². The third-order valence-corrected chi connectivity index (χ3v) is 5.55. The normalized spacial score (nSPS) is 11.2. The van der Waals surface area contributed by atoms with Crippen molar-refractivity contribution < 1.29 is 0 Å². The lowest BCUT2D eigenvalue weighted by molar-refractivity contribution is 0.523. The van der Waals surface area contributed by atoms with Crippen molar-refractivity contribution in [1.29, 1.82) is 0 Å². The second-order valence-electron chi connectivity index (χ2n) is 7.45. The van der Waals surface area contributed by atoms with E-state index in [0.29, 0.717) is 0 Å². The topological polar surface area (TPSA) is 0 Å². The van der Waals surface area contributed by atoms with Crippen molar-refractivity contribution in [3.05, 3.63) is 0 Å². The zero-order valence-corrected chi connectivity index (χ0v) is 17.8. The van der Waals surface area contributed by atoms with Crippen LogP contribution in [0.5, 0.6) is 0 Å². The molecule has 0 aromatic heterocycles. The molecule has 0 atom stereocenters. The predicted octanol–water partition coefficient (Wildman–Crippen LogP) is 9.27. The molecule has 0 spiro atoms. The van der Waals surface area contributed by atoms with E-state index in [1.54, 1.807) is 0 Å². The van der Waals surface area contributed by atoms with E-state index in [2.05, 4.69) is 0 Å². The van der Waals surface area contributed by atoms with Crippen LogP contribution in [0.1, 0.15) is 128 Å². The summed E-state index contributed by atoms with van der Waals surface area (Å²) in [5, 5.41) is 0. The first-order valence-electron chi connectivity index (χ1n) is 11.0. The number of alkyl halides is 2. The minimum atomic E-state index is 0.842. The Balaban J connectivity index is 2.93. The summed E-state index contributed by atoms with van der Waals surface area (Å²) in [6.45, 7) is 0. The first-order valence-corrected chi connectivity index (χ1v) is 12.1. The average Bonchev–Trinajstić information content (AvgIpc) is 2.60. The van der Waals surface area contributed by atoms with Crippen molar-refractivity contribution in [3.8, 4) is 0 Å². The molecule has 0 rings (SSSR count). The summed E-state index contributed by atoms with van der Waals surface area (Å²) in [4.78, 5) is 0. The fourth-order valence-electron chi connectivity index (χ4n) is 3.37. The van der Waals surface area contributed by atoms with Crippen LogP contribution < -0.4 is 0 Å². The lowest BCUT2D eigenvalue weighted by Crippen LogP contribution is -1.84. The van der Waals surface area contributed by atoms with E-state index >= 15 is 0 Å². The van der Waals surface area contributed by atoms with Gasteiger partial charge >= 0.3 is 0 Å². The molecule has 0 radical (unpaired) electrons. The Bertz CT molecular complexity index is 184. The summed E-state index contributed by atoms with van der Waals surface area (Å²) < 4.78 is 0. The van der Waals surface area contributed by atoms with Crippen molar-refractivity contribution in [3.63, 3.8) is 0 Å². The van der Waals surface area contributed by atoms with E-state index in [1.807, 2.05) is 0 Å². The minimum absolute atomic E-state index is 0.842. The lowest BCUT2D eigenvalue weighted by atomic mass is 10.0. The highest BCUT2D eigenvalue weighted by Crippen LogP contribution is 2.14. The molecule has 24 heavy (non-hydrogen) atoms. The first kappa shape index (κ1) is 24.6. The van der Waals surface area contributed by atoms with Crippen LogP contribution in [-0.4, -0.2) is 11.8 Å². The van der Waals surface area contributed by atoms with Gasteiger partial charge in [0.2, 0.25) is 0 Å². The maximum absolute atomic E-state index is 5.68. The highest BCUT2D eigenvalue weighted by molar-refractivity contribution is 6.18. The zero-order chi connectivity index (χ0) is 17.6. The summed E-state index contributed by atoms with van der Waals surface area (Å²) >= 11 is 11.4. The summed E-state index contributed by atoms with van der Waals surface area (Å²) in [6.07, 6.45) is 28.2. The Hall–Kier alpha value is 0.580. The van der Waals surface area contributed by atoms with E-state index in [-0.39, 0.29) is 0 Å². The van der Waals surface area contributed by atoms with E-state index in [1.165, 1.54) is 128 Å². The SMILES string of the molecule is ClCCCCCCCCCCCCCCCCCCCCCCCl. The standard InChI is InChI=1S/C22H44Cl2/c23-21-19-17-15-13-11-9-7-5-3-1-2-4-6-8-10-12-14-16-18-20-22-24/h1-22H2. The lowest BCUT2D eigenvalue weighted by Gasteiger charge is -2.04. The smallest absolute Gasteiger partial charge is 0.0223 e. The van der Waals surface area contributed by atoms with Crippen LogP contribution in [0.2, 0.25) is 0 Å². The van der Waals surface area contributed by atoms with Gasteiger partial charge < -0.3 is 0 Å². The molecule has 0 aromatic carbocycles. The monoisotopic (exact) mass is 378 g/mol. The molecule has 0 fully saturated rings. The molecule has 0 aromatic rings. The largest absolute Gasteiger partial charge is 0.127 e. The van der Waals surface area contributed by atoms with Gasteiger partial charge in [-0.25, -0.2) is 0 Å². The summed E-state index contributed by atoms with van der Waals surface area (Å²) in [5.41, 5.74) is 0. The van der Waals surface area contributed by atoms with Gasteiger partial charge in [-0.05, 0) is 12.8 Å². The number of hydrogen-bond donors (Lipinski definition) is 0. The van der Waals surface area contributed by atoms with Crippen molar-refractivity contribution in [2.24, 2.45) is 0 Å². The molecule has 0 bridgehead atoms. The molecule has 0 aliphatic heterocycles. The molecule has 0 amide bonds. The van der Waals surface area contributed by atoms with Crippen molar-refractivity contribution in [1.82, 2.24) is 0 Å². The summed E-state index contributed by atoms with van der Waals surface area (Å²) in [5.74, 6) is 1.68. The fraction of sp³-hybridized carbons (Fsp3) is 1.00. The molecule has 2 heteroatoms. The van der Waals surface area contributed by atoms with Gasteiger partial charge in [0.15, 0.2) is 0 Å². The number of rotatable bonds is 21. The molecular formula is C22H44Cl2. The molecule has 0 nitrogen and oxygen atoms in total. The molecule has 0 heterocycles. The second kappa shape index (κ2) is 23.6. The van der Waals surface area contributed by atoms with Gasteiger partial charge in [0, 0.05) is 11.8 Å². The summed E-state index contributed by atoms with van der Waals surface area (Å²) in [6, 6.07) is 0. The van der Waals surface area contributed by atoms with Crippen LogP contribution in [0.3, 0.4) is 0 Å². The quantitative estimate of drug-likeness (QED) is 0.138. The maximum atomic E-state index is 5.68. The third kappa shape index (κ3) is 22.6. The minimum Gasteiger partial charge on any atom is -0.127 e. The van der Waals surface area contributed by atoms with E-state index in [0.717, 1.165) is 11.8 Å².